The molecule has 0 aromatic carbocycles. The zero-order valence-electron chi connectivity index (χ0n) is 11.0. The molecule has 0 saturated carbocycles. The molecule has 0 saturated heterocycles. The second-order valence-electron chi connectivity index (χ2n) is 4.44. The van der Waals surface area contributed by atoms with E-state index in [0.29, 0.717) is 12.6 Å². The second-order valence-corrected chi connectivity index (χ2v) is 6.91. The topological polar surface area (TPSA) is 46.2 Å². The summed E-state index contributed by atoms with van der Waals surface area (Å²) < 4.78 is 22.5. The number of hydrogen-bond donors (Lipinski definition) is 1. The van der Waals surface area contributed by atoms with Gasteiger partial charge in [0.05, 0.1) is 5.75 Å². The highest BCUT2D eigenvalue weighted by Gasteiger charge is 2.07. The van der Waals surface area contributed by atoms with E-state index in [9.17, 15) is 8.42 Å². The Balaban J connectivity index is 3.47. The molecule has 98 valence electrons. The number of hydrogen-bond acceptors (Lipinski definition) is 3. The van der Waals surface area contributed by atoms with Crippen LogP contribution >= 0.6 is 0 Å². The van der Waals surface area contributed by atoms with Crippen LogP contribution in [0.5, 0.6) is 0 Å². The van der Waals surface area contributed by atoms with E-state index < -0.39 is 9.84 Å². The van der Waals surface area contributed by atoms with Crippen LogP contribution in [0.3, 0.4) is 0 Å². The highest BCUT2D eigenvalue weighted by atomic mass is 32.2. The van der Waals surface area contributed by atoms with Gasteiger partial charge in [0, 0.05) is 18.3 Å². The van der Waals surface area contributed by atoms with Crippen molar-refractivity contribution >= 4 is 9.84 Å². The van der Waals surface area contributed by atoms with Gasteiger partial charge in [-0.25, -0.2) is 8.42 Å². The average molecular weight is 249 g/mol. The Kier molecular flexibility index (Phi) is 8.94. The lowest BCUT2D eigenvalue weighted by molar-refractivity contribution is 0.493. The van der Waals surface area contributed by atoms with E-state index >= 15 is 0 Å². The molecule has 3 nitrogen and oxygen atoms in total. The van der Waals surface area contributed by atoms with Gasteiger partial charge in [-0.1, -0.05) is 39.5 Å². The van der Waals surface area contributed by atoms with Crippen LogP contribution in [0.4, 0.5) is 0 Å². The van der Waals surface area contributed by atoms with Crippen molar-refractivity contribution in [1.29, 1.82) is 0 Å². The molecular formula is C12H27NO2S. The van der Waals surface area contributed by atoms with Crippen molar-refractivity contribution in [3.05, 3.63) is 0 Å². The van der Waals surface area contributed by atoms with Crippen LogP contribution in [0.1, 0.15) is 52.9 Å². The Bertz CT molecular complexity index is 250. The van der Waals surface area contributed by atoms with Crippen molar-refractivity contribution < 1.29 is 8.42 Å². The van der Waals surface area contributed by atoms with E-state index in [4.69, 9.17) is 0 Å². The first kappa shape index (κ1) is 15.9. The molecule has 0 rings (SSSR count). The fraction of sp³-hybridized carbons (Fsp3) is 1.00. The minimum absolute atomic E-state index is 0.250. The lowest BCUT2D eigenvalue weighted by Gasteiger charge is -2.13. The van der Waals surface area contributed by atoms with Crippen molar-refractivity contribution in [3.63, 3.8) is 0 Å². The standard InChI is InChI=1S/C12H27NO2S/c1-4-6-7-8-9-12(3)13-10-11-16(14,15)5-2/h12-13H,4-11H2,1-3H3. The van der Waals surface area contributed by atoms with Crippen LogP contribution in [0.2, 0.25) is 0 Å². The summed E-state index contributed by atoms with van der Waals surface area (Å²) in [6.07, 6.45) is 6.23. The van der Waals surface area contributed by atoms with Gasteiger partial charge in [-0.15, -0.1) is 0 Å². The normalized spacial score (nSPS) is 13.9. The SMILES string of the molecule is CCCCCCC(C)NCCS(=O)(=O)CC. The molecule has 1 N–H and O–H groups in total. The van der Waals surface area contributed by atoms with Gasteiger partial charge in [-0.05, 0) is 13.3 Å². The predicted octanol–water partition coefficient (Wildman–Crippen LogP) is 2.37. The molecule has 0 heterocycles. The smallest absolute Gasteiger partial charge is 0.151 e. The summed E-state index contributed by atoms with van der Waals surface area (Å²) in [4.78, 5) is 0. The van der Waals surface area contributed by atoms with Gasteiger partial charge in [0.25, 0.3) is 0 Å². The summed E-state index contributed by atoms with van der Waals surface area (Å²) in [6.45, 7) is 6.62. The van der Waals surface area contributed by atoms with Crippen LogP contribution in [0, 0.1) is 0 Å². The van der Waals surface area contributed by atoms with Gasteiger partial charge in [0.2, 0.25) is 0 Å². The van der Waals surface area contributed by atoms with Crippen molar-refractivity contribution in [2.45, 2.75) is 58.9 Å². The number of rotatable bonds is 10. The molecule has 0 aromatic heterocycles. The summed E-state index contributed by atoms with van der Waals surface area (Å²) in [6, 6.07) is 0.434. The molecule has 0 amide bonds. The van der Waals surface area contributed by atoms with Crippen molar-refractivity contribution in [3.8, 4) is 0 Å². The number of unbranched alkanes of at least 4 members (excludes halogenated alkanes) is 3. The maximum atomic E-state index is 11.2. The molecule has 1 unspecified atom stereocenters. The van der Waals surface area contributed by atoms with E-state index in [1.54, 1.807) is 6.92 Å². The predicted molar refractivity (Wildman–Crippen MR) is 70.6 cm³/mol. The zero-order valence-corrected chi connectivity index (χ0v) is 11.8. The van der Waals surface area contributed by atoms with Crippen molar-refractivity contribution in [2.24, 2.45) is 0 Å². The molecule has 4 heteroatoms. The highest BCUT2D eigenvalue weighted by molar-refractivity contribution is 7.91. The maximum Gasteiger partial charge on any atom is 0.151 e. The third-order valence-electron chi connectivity index (χ3n) is 2.84. The van der Waals surface area contributed by atoms with Gasteiger partial charge in [-0.3, -0.25) is 0 Å². The summed E-state index contributed by atoms with van der Waals surface area (Å²) in [5, 5.41) is 3.27. The molecule has 0 aliphatic rings. The van der Waals surface area contributed by atoms with Crippen LogP contribution in [-0.4, -0.2) is 32.5 Å². The quantitative estimate of drug-likeness (QED) is 0.605. The summed E-state index contributed by atoms with van der Waals surface area (Å²) in [5.74, 6) is 0.516. The molecule has 0 aliphatic heterocycles. The number of nitrogens with one attached hydrogen (secondary N) is 1. The van der Waals surface area contributed by atoms with Gasteiger partial charge < -0.3 is 5.32 Å². The first-order valence-electron chi connectivity index (χ1n) is 6.45. The Morgan fingerprint density at radius 2 is 1.81 bits per heavy atom. The first-order valence-corrected chi connectivity index (χ1v) is 8.27. The van der Waals surface area contributed by atoms with Gasteiger partial charge in [-0.2, -0.15) is 0 Å². The number of sulfone groups is 1. The summed E-state index contributed by atoms with van der Waals surface area (Å²) in [7, 11) is -2.81. The molecule has 0 bridgehead atoms. The highest BCUT2D eigenvalue weighted by Crippen LogP contribution is 2.05. The summed E-state index contributed by atoms with van der Waals surface area (Å²) in [5.41, 5.74) is 0. The monoisotopic (exact) mass is 249 g/mol. The Morgan fingerprint density at radius 1 is 1.12 bits per heavy atom. The molecule has 0 spiro atoms. The molecule has 0 fully saturated rings. The van der Waals surface area contributed by atoms with Crippen LogP contribution in [0.15, 0.2) is 0 Å². The fourth-order valence-corrected chi connectivity index (χ4v) is 2.30. The van der Waals surface area contributed by atoms with E-state index in [2.05, 4.69) is 19.2 Å². The van der Waals surface area contributed by atoms with E-state index in [0.717, 1.165) is 6.42 Å². The third-order valence-corrected chi connectivity index (χ3v) is 4.54. The van der Waals surface area contributed by atoms with E-state index in [-0.39, 0.29) is 11.5 Å². The molecule has 16 heavy (non-hydrogen) atoms. The third kappa shape index (κ3) is 9.16. The Hall–Kier alpha value is -0.0900. The van der Waals surface area contributed by atoms with Gasteiger partial charge in [0.1, 0.15) is 0 Å². The molecule has 0 aromatic rings. The second kappa shape index (κ2) is 8.99. The van der Waals surface area contributed by atoms with Crippen molar-refractivity contribution in [1.82, 2.24) is 5.32 Å². The van der Waals surface area contributed by atoms with Crippen LogP contribution < -0.4 is 5.32 Å². The molecule has 1 atom stereocenters. The lowest BCUT2D eigenvalue weighted by Crippen LogP contribution is -2.31. The van der Waals surface area contributed by atoms with Crippen molar-refractivity contribution in [2.75, 3.05) is 18.1 Å². The van der Waals surface area contributed by atoms with Gasteiger partial charge >= 0.3 is 0 Å². The van der Waals surface area contributed by atoms with Crippen LogP contribution in [-0.2, 0) is 9.84 Å². The minimum Gasteiger partial charge on any atom is -0.313 e. The molecule has 0 radical (unpaired) electrons. The fourth-order valence-electron chi connectivity index (χ4n) is 1.58. The maximum absolute atomic E-state index is 11.2. The van der Waals surface area contributed by atoms with Crippen LogP contribution in [0.25, 0.3) is 0 Å². The Labute approximate surface area is 101 Å². The zero-order chi connectivity index (χ0) is 12.4. The minimum atomic E-state index is -2.81. The molecule has 0 aliphatic carbocycles. The summed E-state index contributed by atoms with van der Waals surface area (Å²) >= 11 is 0. The lowest BCUT2D eigenvalue weighted by atomic mass is 10.1. The van der Waals surface area contributed by atoms with E-state index in [1.807, 2.05) is 0 Å². The van der Waals surface area contributed by atoms with E-state index in [1.165, 1.54) is 25.7 Å². The van der Waals surface area contributed by atoms with Gasteiger partial charge in [0.15, 0.2) is 9.84 Å². The molecular weight excluding hydrogens is 222 g/mol. The Morgan fingerprint density at radius 3 is 2.38 bits per heavy atom. The largest absolute Gasteiger partial charge is 0.313 e. The average Bonchev–Trinajstić information content (AvgIpc) is 2.24. The first-order chi connectivity index (χ1) is 7.52.